The first-order chi connectivity index (χ1) is 13.7. The van der Waals surface area contributed by atoms with Crippen LogP contribution in [-0.2, 0) is 16.6 Å². The second-order valence-electron chi connectivity index (χ2n) is 6.79. The highest BCUT2D eigenvalue weighted by Crippen LogP contribution is 2.37. The first-order valence-electron chi connectivity index (χ1n) is 8.87. The lowest BCUT2D eigenvalue weighted by molar-refractivity contribution is 0.520. The molecule has 0 atom stereocenters. The van der Waals surface area contributed by atoms with Gasteiger partial charge in [-0.05, 0) is 37.3 Å². The predicted molar refractivity (Wildman–Crippen MR) is 114 cm³/mol. The van der Waals surface area contributed by atoms with Crippen LogP contribution in [-0.4, -0.2) is 42.9 Å². The molecule has 2 heterocycles. The summed E-state index contributed by atoms with van der Waals surface area (Å²) < 4.78 is 42.2. The number of sulfonamides is 1. The van der Waals surface area contributed by atoms with Gasteiger partial charge in [0, 0.05) is 65.8 Å². The van der Waals surface area contributed by atoms with Crippen molar-refractivity contribution in [3.63, 3.8) is 0 Å². The van der Waals surface area contributed by atoms with Crippen LogP contribution in [0, 0.1) is 6.92 Å². The number of benzene rings is 1. The van der Waals surface area contributed by atoms with Crippen LogP contribution in [0.2, 0.25) is 5.02 Å². The van der Waals surface area contributed by atoms with Gasteiger partial charge in [-0.15, -0.1) is 0 Å². The van der Waals surface area contributed by atoms with Crippen molar-refractivity contribution in [2.24, 2.45) is 5.73 Å². The number of rotatable bonds is 6. The maximum atomic E-state index is 14.2. The second-order valence-corrected chi connectivity index (χ2v) is 9.38. The number of fused-ring (bicyclic) bond motifs is 1. The van der Waals surface area contributed by atoms with Crippen LogP contribution in [0.1, 0.15) is 5.69 Å². The Kier molecular flexibility index (Phi) is 6.09. The van der Waals surface area contributed by atoms with E-state index in [1.54, 1.807) is 24.4 Å². The largest absolute Gasteiger partial charge is 0.337 e. The van der Waals surface area contributed by atoms with Crippen LogP contribution in [0.4, 0.5) is 4.39 Å². The van der Waals surface area contributed by atoms with E-state index in [1.165, 1.54) is 26.4 Å². The third-order valence-electron chi connectivity index (χ3n) is 4.71. The van der Waals surface area contributed by atoms with E-state index >= 15 is 0 Å². The molecule has 9 heteroatoms. The fourth-order valence-electron chi connectivity index (χ4n) is 3.27. The van der Waals surface area contributed by atoms with Crippen LogP contribution in [0.25, 0.3) is 22.0 Å². The van der Waals surface area contributed by atoms with Crippen molar-refractivity contribution in [1.29, 1.82) is 0 Å². The molecule has 154 valence electrons. The topological polar surface area (TPSA) is 81.2 Å². The summed E-state index contributed by atoms with van der Waals surface area (Å²) in [6.07, 6.45) is 4.23. The van der Waals surface area contributed by atoms with Crippen LogP contribution >= 0.6 is 11.6 Å². The highest BCUT2D eigenvalue weighted by atomic mass is 35.5. The van der Waals surface area contributed by atoms with Gasteiger partial charge in [0.15, 0.2) is 0 Å². The first kappa shape index (κ1) is 21.4. The first-order valence-corrected chi connectivity index (χ1v) is 10.7. The molecule has 3 rings (SSSR count). The third-order valence-corrected chi connectivity index (χ3v) is 6.73. The van der Waals surface area contributed by atoms with Crippen molar-refractivity contribution in [2.45, 2.75) is 18.4 Å². The van der Waals surface area contributed by atoms with Crippen LogP contribution in [0.5, 0.6) is 0 Å². The van der Waals surface area contributed by atoms with Crippen molar-refractivity contribution in [1.82, 2.24) is 13.9 Å². The molecule has 6 nitrogen and oxygen atoms in total. The maximum Gasteiger partial charge on any atom is 0.244 e. The molecule has 0 spiro atoms. The van der Waals surface area contributed by atoms with E-state index in [9.17, 15) is 12.8 Å². The Morgan fingerprint density at radius 2 is 2.03 bits per heavy atom. The number of allylic oxidation sites excluding steroid dienone is 1. The molecule has 0 aliphatic carbocycles. The van der Waals surface area contributed by atoms with Crippen molar-refractivity contribution < 1.29 is 12.8 Å². The average molecular weight is 437 g/mol. The van der Waals surface area contributed by atoms with Crippen molar-refractivity contribution in [2.75, 3.05) is 20.6 Å². The summed E-state index contributed by atoms with van der Waals surface area (Å²) in [6, 6.07) is 6.91. The summed E-state index contributed by atoms with van der Waals surface area (Å²) in [5.41, 5.74) is 8.33. The molecule has 0 fully saturated rings. The summed E-state index contributed by atoms with van der Waals surface area (Å²) >= 11 is 6.21. The van der Waals surface area contributed by atoms with Gasteiger partial charge >= 0.3 is 0 Å². The smallest absolute Gasteiger partial charge is 0.244 e. The summed E-state index contributed by atoms with van der Waals surface area (Å²) in [7, 11) is -0.719. The lowest BCUT2D eigenvalue weighted by Crippen LogP contribution is -2.22. The lowest BCUT2D eigenvalue weighted by Gasteiger charge is -2.12. The Morgan fingerprint density at radius 3 is 2.69 bits per heavy atom. The predicted octanol–water partition coefficient (Wildman–Crippen LogP) is 3.73. The van der Waals surface area contributed by atoms with Crippen LogP contribution in [0.15, 0.2) is 53.5 Å². The SMILES string of the molecule is Cc1c(-c2cncc(S(=O)(=O)N(C)C)c2)c2cc(Cl)ccc2n1C/C(F)=C/CN. The molecule has 0 aliphatic heterocycles. The van der Waals surface area contributed by atoms with Crippen molar-refractivity contribution in [3.8, 4) is 11.1 Å². The third kappa shape index (κ3) is 4.06. The Morgan fingerprint density at radius 1 is 1.31 bits per heavy atom. The van der Waals surface area contributed by atoms with Gasteiger partial charge in [0.25, 0.3) is 0 Å². The molecule has 3 aromatic rings. The number of hydrogen-bond donors (Lipinski definition) is 1. The zero-order valence-electron chi connectivity index (χ0n) is 16.4. The average Bonchev–Trinajstić information content (AvgIpc) is 2.92. The van der Waals surface area contributed by atoms with Gasteiger partial charge in [0.2, 0.25) is 10.0 Å². The van der Waals surface area contributed by atoms with Gasteiger partial charge < -0.3 is 10.3 Å². The van der Waals surface area contributed by atoms with E-state index in [0.717, 1.165) is 26.5 Å². The minimum absolute atomic E-state index is 0.0181. The maximum absolute atomic E-state index is 14.2. The zero-order valence-corrected chi connectivity index (χ0v) is 17.9. The molecule has 2 aromatic heterocycles. The number of aromatic nitrogens is 2. The van der Waals surface area contributed by atoms with Gasteiger partial charge in [-0.3, -0.25) is 4.98 Å². The molecule has 0 unspecified atom stereocenters. The molecular formula is C20H22ClFN4O2S. The molecule has 0 saturated heterocycles. The second kappa shape index (κ2) is 8.23. The molecule has 0 radical (unpaired) electrons. The van der Waals surface area contributed by atoms with Gasteiger partial charge in [0.1, 0.15) is 10.7 Å². The van der Waals surface area contributed by atoms with Gasteiger partial charge in [0.05, 0.1) is 6.54 Å². The quantitative estimate of drug-likeness (QED) is 0.638. The Labute approximate surface area is 174 Å². The molecule has 29 heavy (non-hydrogen) atoms. The van der Waals surface area contributed by atoms with E-state index in [1.807, 2.05) is 17.6 Å². The number of nitrogens with zero attached hydrogens (tertiary/aromatic N) is 3. The number of halogens is 2. The molecule has 0 saturated carbocycles. The van der Waals surface area contributed by atoms with Crippen LogP contribution in [0.3, 0.4) is 0 Å². The zero-order chi connectivity index (χ0) is 21.3. The van der Waals surface area contributed by atoms with Crippen molar-refractivity contribution >= 4 is 32.5 Å². The standard InChI is InChI=1S/C20H22ClFN4O2S/c1-13-20(14-8-17(11-24-10-14)29(27,28)25(2)3)18-9-15(21)4-5-19(18)26(13)12-16(22)6-7-23/h4-6,8-11H,7,12,23H2,1-3H3/b16-6-. The minimum Gasteiger partial charge on any atom is -0.337 e. The summed E-state index contributed by atoms with van der Waals surface area (Å²) in [4.78, 5) is 4.21. The molecular weight excluding hydrogens is 415 g/mol. The molecule has 0 bridgehead atoms. The van der Waals surface area contributed by atoms with Crippen LogP contribution < -0.4 is 5.73 Å². The van der Waals surface area contributed by atoms with Gasteiger partial charge in [-0.2, -0.15) is 0 Å². The monoisotopic (exact) mass is 436 g/mol. The molecule has 0 aliphatic rings. The minimum atomic E-state index is -3.65. The number of hydrogen-bond acceptors (Lipinski definition) is 4. The van der Waals surface area contributed by atoms with E-state index in [4.69, 9.17) is 17.3 Å². The highest BCUT2D eigenvalue weighted by Gasteiger charge is 2.21. The fraction of sp³-hybridized carbons (Fsp3) is 0.250. The van der Waals surface area contributed by atoms with E-state index < -0.39 is 10.0 Å². The Bertz CT molecular complexity index is 1200. The molecule has 0 amide bonds. The highest BCUT2D eigenvalue weighted by molar-refractivity contribution is 7.89. The Hall–Kier alpha value is -2.26. The van der Waals surface area contributed by atoms with Gasteiger partial charge in [-0.25, -0.2) is 17.1 Å². The van der Waals surface area contributed by atoms with Crippen molar-refractivity contribution in [3.05, 3.63) is 59.3 Å². The Balaban J connectivity index is 2.27. The number of pyridine rings is 1. The van der Waals surface area contributed by atoms with E-state index in [-0.39, 0.29) is 23.8 Å². The van der Waals surface area contributed by atoms with Gasteiger partial charge in [-0.1, -0.05) is 11.6 Å². The summed E-state index contributed by atoms with van der Waals surface area (Å²) in [5.74, 6) is -0.351. The lowest BCUT2D eigenvalue weighted by atomic mass is 10.0. The number of nitrogens with two attached hydrogens (primary N) is 1. The normalized spacial score (nSPS) is 12.9. The van der Waals surface area contributed by atoms with E-state index in [0.29, 0.717) is 10.6 Å². The molecule has 1 aromatic carbocycles. The fourth-order valence-corrected chi connectivity index (χ4v) is 4.34. The summed E-state index contributed by atoms with van der Waals surface area (Å²) in [5, 5.41) is 1.32. The molecule has 2 N–H and O–H groups in total. The summed E-state index contributed by atoms with van der Waals surface area (Å²) in [6.45, 7) is 1.98. The van der Waals surface area contributed by atoms with E-state index in [2.05, 4.69) is 4.98 Å².